The Bertz CT molecular complexity index is 287. The van der Waals surface area contributed by atoms with Gasteiger partial charge in [-0.2, -0.15) is 0 Å². The minimum atomic E-state index is 0.617. The second-order valence-corrected chi connectivity index (χ2v) is 8.25. The lowest BCUT2D eigenvalue weighted by Gasteiger charge is -2.45. The number of hydrogen-bond acceptors (Lipinski definition) is 0. The van der Waals surface area contributed by atoms with E-state index in [1.807, 2.05) is 0 Å². The summed E-state index contributed by atoms with van der Waals surface area (Å²) >= 11 is 0. The molecule has 2 fully saturated rings. The molecule has 2 aliphatic carbocycles. The Labute approximate surface area is 128 Å². The van der Waals surface area contributed by atoms with Crippen LogP contribution in [-0.4, -0.2) is 7.85 Å². The second kappa shape index (κ2) is 7.36. The lowest BCUT2D eigenvalue weighted by atomic mass is 9.50. The molecule has 116 valence electrons. The molecule has 0 radical (unpaired) electrons. The minimum absolute atomic E-state index is 0.617. The molecule has 0 aromatic rings. The van der Waals surface area contributed by atoms with E-state index < -0.39 is 0 Å². The van der Waals surface area contributed by atoms with E-state index in [1.165, 1.54) is 51.4 Å². The van der Waals surface area contributed by atoms with Gasteiger partial charge in [-0.25, -0.2) is 0 Å². The van der Waals surface area contributed by atoms with Crippen molar-refractivity contribution in [2.75, 3.05) is 0 Å². The maximum Gasteiger partial charge on any atom is 0.109 e. The van der Waals surface area contributed by atoms with E-state index in [0.717, 1.165) is 23.7 Å². The molecule has 2 rings (SSSR count). The van der Waals surface area contributed by atoms with Crippen molar-refractivity contribution >= 4 is 7.85 Å². The Hall–Kier alpha value is 0.0649. The highest BCUT2D eigenvalue weighted by atomic mass is 14.5. The molecule has 0 amide bonds. The molecule has 20 heavy (non-hydrogen) atoms. The first kappa shape index (κ1) is 16.4. The van der Waals surface area contributed by atoms with Gasteiger partial charge in [0, 0.05) is 0 Å². The largest absolute Gasteiger partial charge is 0.109 e. The van der Waals surface area contributed by atoms with Crippen LogP contribution in [0.4, 0.5) is 0 Å². The van der Waals surface area contributed by atoms with Crippen molar-refractivity contribution in [3.63, 3.8) is 0 Å². The average Bonchev–Trinajstić information content (AvgIpc) is 2.81. The second-order valence-electron chi connectivity index (χ2n) is 8.25. The molecule has 0 aromatic carbocycles. The summed E-state index contributed by atoms with van der Waals surface area (Å²) in [6, 6.07) is 0. The van der Waals surface area contributed by atoms with Gasteiger partial charge in [-0.05, 0) is 30.1 Å². The Kier molecular flexibility index (Phi) is 6.05. The Balaban J connectivity index is 2.14. The van der Waals surface area contributed by atoms with Crippen molar-refractivity contribution in [1.82, 2.24) is 0 Å². The number of fused-ring (bicyclic) bond motifs is 1. The van der Waals surface area contributed by atoms with Crippen LogP contribution in [0.2, 0.25) is 5.31 Å². The number of unbranched alkanes of at least 4 members (excludes halogenated alkanes) is 2. The van der Waals surface area contributed by atoms with E-state index in [0.29, 0.717) is 5.31 Å². The van der Waals surface area contributed by atoms with E-state index in [-0.39, 0.29) is 0 Å². The third-order valence-corrected chi connectivity index (χ3v) is 6.99. The highest BCUT2D eigenvalue weighted by molar-refractivity contribution is 6.15. The van der Waals surface area contributed by atoms with Gasteiger partial charge < -0.3 is 0 Å². The SMILES string of the molecule is BC(CC)(CCCCC)C1C(C)CCCC2CCCC21. The van der Waals surface area contributed by atoms with E-state index in [2.05, 4.69) is 28.6 Å². The fourth-order valence-corrected chi connectivity index (χ4v) is 5.76. The molecule has 0 nitrogen and oxygen atoms in total. The monoisotopic (exact) mass is 276 g/mol. The van der Waals surface area contributed by atoms with Crippen molar-refractivity contribution < 1.29 is 0 Å². The van der Waals surface area contributed by atoms with Gasteiger partial charge in [0.1, 0.15) is 7.85 Å². The van der Waals surface area contributed by atoms with Gasteiger partial charge >= 0.3 is 0 Å². The molecule has 5 unspecified atom stereocenters. The molecule has 2 saturated carbocycles. The summed E-state index contributed by atoms with van der Waals surface area (Å²) in [4.78, 5) is 0. The normalized spacial score (nSPS) is 37.1. The van der Waals surface area contributed by atoms with Crippen LogP contribution in [0.25, 0.3) is 0 Å². The molecular formula is C19H37B. The van der Waals surface area contributed by atoms with Crippen molar-refractivity contribution in [2.24, 2.45) is 23.7 Å². The van der Waals surface area contributed by atoms with Gasteiger partial charge in [0.15, 0.2) is 0 Å². The Morgan fingerprint density at radius 2 is 1.70 bits per heavy atom. The van der Waals surface area contributed by atoms with E-state index >= 15 is 0 Å². The summed E-state index contributed by atoms with van der Waals surface area (Å²) in [6.45, 7) is 7.39. The first-order valence-corrected chi connectivity index (χ1v) is 9.62. The van der Waals surface area contributed by atoms with Crippen molar-refractivity contribution in [1.29, 1.82) is 0 Å². The lowest BCUT2D eigenvalue weighted by Crippen LogP contribution is -2.35. The molecule has 0 saturated heterocycles. The smallest absolute Gasteiger partial charge is 0.0655 e. The molecule has 2 aliphatic rings. The van der Waals surface area contributed by atoms with Crippen LogP contribution in [0, 0.1) is 23.7 Å². The summed E-state index contributed by atoms with van der Waals surface area (Å²) < 4.78 is 0. The molecule has 0 spiro atoms. The van der Waals surface area contributed by atoms with E-state index in [1.54, 1.807) is 19.3 Å². The zero-order valence-corrected chi connectivity index (χ0v) is 14.6. The van der Waals surface area contributed by atoms with Gasteiger partial charge in [0.2, 0.25) is 0 Å². The number of rotatable bonds is 6. The van der Waals surface area contributed by atoms with Crippen LogP contribution in [0.1, 0.15) is 91.4 Å². The van der Waals surface area contributed by atoms with Gasteiger partial charge in [-0.1, -0.05) is 90.3 Å². The third-order valence-electron chi connectivity index (χ3n) is 6.99. The molecule has 0 heterocycles. The van der Waals surface area contributed by atoms with Crippen molar-refractivity contribution in [3.05, 3.63) is 0 Å². The zero-order chi connectivity index (χ0) is 14.6. The summed E-state index contributed by atoms with van der Waals surface area (Å²) in [5.41, 5.74) is 0. The first-order chi connectivity index (χ1) is 9.62. The number of hydrogen-bond donors (Lipinski definition) is 0. The third kappa shape index (κ3) is 3.45. The minimum Gasteiger partial charge on any atom is -0.0655 e. The molecule has 0 aromatic heterocycles. The zero-order valence-electron chi connectivity index (χ0n) is 14.6. The van der Waals surface area contributed by atoms with Crippen LogP contribution >= 0.6 is 0 Å². The van der Waals surface area contributed by atoms with E-state index in [9.17, 15) is 0 Å². The van der Waals surface area contributed by atoms with Crippen molar-refractivity contribution in [2.45, 2.75) is 96.7 Å². The summed E-state index contributed by atoms with van der Waals surface area (Å²) in [6.07, 6.45) is 16.3. The predicted octanol–water partition coefficient (Wildman–Crippen LogP) is 5.62. The van der Waals surface area contributed by atoms with Gasteiger partial charge in [-0.15, -0.1) is 0 Å². The molecule has 0 aliphatic heterocycles. The summed E-state index contributed by atoms with van der Waals surface area (Å²) in [5, 5.41) is 0.617. The molecule has 0 bridgehead atoms. The van der Waals surface area contributed by atoms with Crippen molar-refractivity contribution in [3.8, 4) is 0 Å². The van der Waals surface area contributed by atoms with Crippen LogP contribution in [0.15, 0.2) is 0 Å². The highest BCUT2D eigenvalue weighted by Crippen LogP contribution is 2.57. The maximum absolute atomic E-state index is 2.64. The fourth-order valence-electron chi connectivity index (χ4n) is 5.76. The fraction of sp³-hybridized carbons (Fsp3) is 1.00. The van der Waals surface area contributed by atoms with Crippen LogP contribution in [0.3, 0.4) is 0 Å². The molecule has 0 N–H and O–H groups in total. The Morgan fingerprint density at radius 1 is 1.00 bits per heavy atom. The average molecular weight is 276 g/mol. The summed E-state index contributed by atoms with van der Waals surface area (Å²) in [5.74, 6) is 4.13. The van der Waals surface area contributed by atoms with E-state index in [4.69, 9.17) is 0 Å². The highest BCUT2D eigenvalue weighted by Gasteiger charge is 2.45. The van der Waals surface area contributed by atoms with Gasteiger partial charge in [0.25, 0.3) is 0 Å². The van der Waals surface area contributed by atoms with Crippen LogP contribution < -0.4 is 0 Å². The molecular weight excluding hydrogens is 239 g/mol. The van der Waals surface area contributed by atoms with Crippen LogP contribution in [0.5, 0.6) is 0 Å². The standard InChI is InChI=1S/C19H37B/c1-4-6-7-14-19(20,5-2)18-15(3)10-8-11-16-12-9-13-17(16)18/h15-18H,4-14,20H2,1-3H3. The predicted molar refractivity (Wildman–Crippen MR) is 93.0 cm³/mol. The summed E-state index contributed by atoms with van der Waals surface area (Å²) in [7, 11) is 2.64. The van der Waals surface area contributed by atoms with Gasteiger partial charge in [-0.3, -0.25) is 0 Å². The quantitative estimate of drug-likeness (QED) is 0.436. The molecule has 1 heteroatoms. The lowest BCUT2D eigenvalue weighted by molar-refractivity contribution is 0.136. The first-order valence-electron chi connectivity index (χ1n) is 9.62. The van der Waals surface area contributed by atoms with Gasteiger partial charge in [0.05, 0.1) is 0 Å². The molecule has 5 atom stereocenters. The van der Waals surface area contributed by atoms with Crippen LogP contribution in [-0.2, 0) is 0 Å². The maximum atomic E-state index is 2.64. The Morgan fingerprint density at radius 3 is 2.35 bits per heavy atom. The topological polar surface area (TPSA) is 0 Å².